The normalized spacial score (nSPS) is 37.1. The summed E-state index contributed by atoms with van der Waals surface area (Å²) in [5.41, 5.74) is 1.19. The molecule has 0 aromatic heterocycles. The van der Waals surface area contributed by atoms with E-state index < -0.39 is 53.4 Å². The van der Waals surface area contributed by atoms with Crippen LogP contribution in [0.15, 0.2) is 30.3 Å². The summed E-state index contributed by atoms with van der Waals surface area (Å²) in [6.45, 7) is 2.60. The van der Waals surface area contributed by atoms with Gasteiger partial charge in [-0.1, -0.05) is 18.2 Å². The van der Waals surface area contributed by atoms with E-state index in [9.17, 15) is 24.5 Å². The summed E-state index contributed by atoms with van der Waals surface area (Å²) in [7, 11) is 0. The first kappa shape index (κ1) is 26.8. The molecule has 0 saturated carbocycles. The number of nitrogens with one attached hydrogen (secondary N) is 2. The zero-order valence-electron chi connectivity index (χ0n) is 19.5. The Morgan fingerprint density at radius 2 is 1.94 bits per heavy atom. The molecule has 0 radical (unpaired) electrons. The number of benzene rings is 1. The molecule has 35 heavy (non-hydrogen) atoms. The molecule has 3 aliphatic rings. The van der Waals surface area contributed by atoms with Gasteiger partial charge in [0, 0.05) is 12.5 Å². The Bertz CT molecular complexity index is 920. The smallest absolute Gasteiger partial charge is 0.240 e. The van der Waals surface area contributed by atoms with E-state index in [0.717, 1.165) is 11.1 Å². The van der Waals surface area contributed by atoms with Crippen LogP contribution in [0.3, 0.4) is 0 Å². The summed E-state index contributed by atoms with van der Waals surface area (Å²) < 4.78 is 25.2. The van der Waals surface area contributed by atoms with Crippen molar-refractivity contribution in [3.63, 3.8) is 0 Å². The molecule has 2 fully saturated rings. The van der Waals surface area contributed by atoms with Crippen LogP contribution in [0.5, 0.6) is 0 Å². The van der Waals surface area contributed by atoms with Crippen LogP contribution < -0.4 is 10.6 Å². The van der Waals surface area contributed by atoms with E-state index in [0.29, 0.717) is 19.6 Å². The summed E-state index contributed by atoms with van der Waals surface area (Å²) in [6, 6.07) is 4.85. The van der Waals surface area contributed by atoms with Gasteiger partial charge in [-0.3, -0.25) is 4.79 Å². The highest BCUT2D eigenvalue weighted by Crippen LogP contribution is 2.32. The van der Waals surface area contributed by atoms with E-state index >= 15 is 0 Å². The average molecular weight is 531 g/mol. The molecule has 0 aliphatic carbocycles. The Labute approximate surface area is 213 Å². The fourth-order valence-corrected chi connectivity index (χ4v) is 5.87. The summed E-state index contributed by atoms with van der Waals surface area (Å²) in [5.74, 6) is -0.710. The second-order valence-corrected chi connectivity index (χ2v) is 10.8. The monoisotopic (exact) mass is 530 g/mol. The van der Waals surface area contributed by atoms with Crippen molar-refractivity contribution in [2.75, 3.05) is 19.4 Å². The van der Waals surface area contributed by atoms with Crippen molar-refractivity contribution in [2.24, 2.45) is 5.92 Å². The van der Waals surface area contributed by atoms with Crippen molar-refractivity contribution in [3.8, 4) is 0 Å². The quantitative estimate of drug-likeness (QED) is 0.344. The highest BCUT2D eigenvalue weighted by Gasteiger charge is 2.49. The van der Waals surface area contributed by atoms with Crippen LogP contribution >= 0.6 is 23.4 Å². The molecule has 194 valence electrons. The highest BCUT2D eigenvalue weighted by molar-refractivity contribution is 7.99. The number of amides is 1. The van der Waals surface area contributed by atoms with Crippen molar-refractivity contribution in [3.05, 3.63) is 41.7 Å². The second-order valence-electron chi connectivity index (χ2n) is 9.22. The predicted molar refractivity (Wildman–Crippen MR) is 131 cm³/mol. The van der Waals surface area contributed by atoms with E-state index in [4.69, 9.17) is 21.1 Å². The number of halogens is 2. The molecule has 1 aromatic rings. The van der Waals surface area contributed by atoms with Crippen molar-refractivity contribution >= 4 is 34.8 Å². The lowest BCUT2D eigenvalue weighted by Gasteiger charge is -2.44. The van der Waals surface area contributed by atoms with Crippen LogP contribution in [0, 0.1) is 11.7 Å². The maximum atomic E-state index is 13.3. The Hall–Kier alpha value is -1.24. The SMILES string of the molecule is CSC1O[C@H]([C@H](NC(=O)[C@H]2NC[C@@H]3C=C(c4ccc(F)cc4)CCO[C@@H]23)[C@H](C)Cl)C(O)C(O)[C@H]1O. The molecule has 1 amide bonds. The number of fused-ring (bicyclic) bond motifs is 1. The van der Waals surface area contributed by atoms with Gasteiger partial charge in [-0.25, -0.2) is 4.39 Å². The van der Waals surface area contributed by atoms with Gasteiger partial charge in [0.05, 0.1) is 24.1 Å². The van der Waals surface area contributed by atoms with Crippen LogP contribution in [0.25, 0.3) is 5.57 Å². The van der Waals surface area contributed by atoms with Gasteiger partial charge in [-0.15, -0.1) is 23.4 Å². The summed E-state index contributed by atoms with van der Waals surface area (Å²) in [6.07, 6.45) is -1.12. The Balaban J connectivity index is 1.47. The summed E-state index contributed by atoms with van der Waals surface area (Å²) >= 11 is 7.58. The topological polar surface area (TPSA) is 120 Å². The Morgan fingerprint density at radius 1 is 1.23 bits per heavy atom. The molecule has 3 unspecified atom stereocenters. The molecule has 8 nitrogen and oxygen atoms in total. The molecular formula is C24H32ClFN2O6S. The first-order chi connectivity index (χ1) is 16.7. The number of carbonyl (C=O) groups is 1. The van der Waals surface area contributed by atoms with Gasteiger partial charge in [0.2, 0.25) is 5.91 Å². The van der Waals surface area contributed by atoms with Gasteiger partial charge in [-0.2, -0.15) is 0 Å². The summed E-state index contributed by atoms with van der Waals surface area (Å²) in [4.78, 5) is 13.3. The van der Waals surface area contributed by atoms with E-state index in [1.807, 2.05) is 0 Å². The molecule has 11 heteroatoms. The van der Waals surface area contributed by atoms with Gasteiger partial charge in [0.25, 0.3) is 0 Å². The number of hydrogen-bond donors (Lipinski definition) is 5. The minimum absolute atomic E-state index is 0.0606. The number of thioether (sulfide) groups is 1. The van der Waals surface area contributed by atoms with Crippen LogP contribution in [0.2, 0.25) is 0 Å². The Morgan fingerprint density at radius 3 is 2.60 bits per heavy atom. The number of alkyl halides is 1. The lowest BCUT2D eigenvalue weighted by Crippen LogP contribution is -2.65. The van der Waals surface area contributed by atoms with E-state index in [1.165, 1.54) is 23.9 Å². The first-order valence-electron chi connectivity index (χ1n) is 11.7. The number of rotatable bonds is 6. The molecule has 3 heterocycles. The molecule has 5 N–H and O–H groups in total. The lowest BCUT2D eigenvalue weighted by atomic mass is 9.92. The predicted octanol–water partition coefficient (Wildman–Crippen LogP) is 0.869. The number of carbonyl (C=O) groups excluding carboxylic acids is 1. The largest absolute Gasteiger partial charge is 0.388 e. The zero-order chi connectivity index (χ0) is 25.3. The van der Waals surface area contributed by atoms with Crippen molar-refractivity contribution in [1.82, 2.24) is 10.6 Å². The molecule has 4 rings (SSSR count). The molecule has 1 aromatic carbocycles. The number of ether oxygens (including phenoxy) is 2. The fourth-order valence-electron chi connectivity index (χ4n) is 4.99. The highest BCUT2D eigenvalue weighted by atomic mass is 35.5. The van der Waals surface area contributed by atoms with Gasteiger partial charge in [-0.05, 0) is 42.9 Å². The third-order valence-corrected chi connectivity index (χ3v) is 8.04. The van der Waals surface area contributed by atoms with E-state index in [1.54, 1.807) is 25.3 Å². The van der Waals surface area contributed by atoms with Crippen LogP contribution in [-0.2, 0) is 14.3 Å². The third-order valence-electron chi connectivity index (χ3n) is 6.91. The molecule has 3 aliphatic heterocycles. The zero-order valence-corrected chi connectivity index (χ0v) is 21.1. The van der Waals surface area contributed by atoms with Crippen LogP contribution in [0.1, 0.15) is 18.9 Å². The number of aliphatic hydroxyl groups is 3. The molecule has 10 atom stereocenters. The molecule has 2 saturated heterocycles. The molecular weight excluding hydrogens is 499 g/mol. The second kappa shape index (κ2) is 11.4. The number of aliphatic hydroxyl groups excluding tert-OH is 3. The van der Waals surface area contributed by atoms with E-state index in [-0.39, 0.29) is 17.6 Å². The van der Waals surface area contributed by atoms with Gasteiger partial charge >= 0.3 is 0 Å². The number of hydrogen-bond acceptors (Lipinski definition) is 8. The minimum Gasteiger partial charge on any atom is -0.388 e. The summed E-state index contributed by atoms with van der Waals surface area (Å²) in [5, 5.41) is 36.5. The fraction of sp³-hybridized carbons (Fsp3) is 0.625. The average Bonchev–Trinajstić information content (AvgIpc) is 3.12. The minimum atomic E-state index is -1.43. The van der Waals surface area contributed by atoms with Crippen molar-refractivity contribution in [2.45, 2.75) is 66.8 Å². The third kappa shape index (κ3) is 5.70. The molecule has 0 spiro atoms. The first-order valence-corrected chi connectivity index (χ1v) is 13.4. The van der Waals surface area contributed by atoms with Gasteiger partial charge < -0.3 is 35.4 Å². The Kier molecular flexibility index (Phi) is 8.76. The maximum Gasteiger partial charge on any atom is 0.240 e. The van der Waals surface area contributed by atoms with Gasteiger partial charge in [0.1, 0.15) is 41.7 Å². The van der Waals surface area contributed by atoms with Crippen molar-refractivity contribution in [1.29, 1.82) is 0 Å². The molecule has 0 bridgehead atoms. The van der Waals surface area contributed by atoms with Gasteiger partial charge in [0.15, 0.2) is 0 Å². The lowest BCUT2D eigenvalue weighted by molar-refractivity contribution is -0.205. The van der Waals surface area contributed by atoms with E-state index in [2.05, 4.69) is 16.7 Å². The standard InChI is InChI=1S/C24H32ClFN2O6S/c1-11(25)16(22-19(30)18(29)20(31)24(34-22)35-2)28-23(32)17-21-14(10-27-17)9-13(7-8-33-21)12-3-5-15(26)6-4-12/h3-6,9,11,14,16-22,24,27,29-31H,7-8,10H2,1-2H3,(H,28,32)/t11-,14-,16+,17-,18?,19?,20+,21+,22+,24?/m0/s1. The van der Waals surface area contributed by atoms with Crippen LogP contribution in [-0.4, -0.2) is 94.1 Å². The van der Waals surface area contributed by atoms with Crippen LogP contribution in [0.4, 0.5) is 4.39 Å². The van der Waals surface area contributed by atoms with Crippen molar-refractivity contribution < 1.29 is 34.0 Å². The maximum absolute atomic E-state index is 13.3.